The number of anilines is 1. The first-order valence-electron chi connectivity index (χ1n) is 7.21. The molecule has 0 radical (unpaired) electrons. The summed E-state index contributed by atoms with van der Waals surface area (Å²) in [7, 11) is 0. The van der Waals surface area contributed by atoms with Gasteiger partial charge >= 0.3 is 0 Å². The zero-order valence-corrected chi connectivity index (χ0v) is 14.7. The molecule has 2 amide bonds. The van der Waals surface area contributed by atoms with E-state index in [1.165, 1.54) is 12.3 Å². The van der Waals surface area contributed by atoms with Crippen molar-refractivity contribution in [2.75, 3.05) is 11.9 Å². The van der Waals surface area contributed by atoms with Gasteiger partial charge < -0.3 is 20.8 Å². The third-order valence-electron chi connectivity index (χ3n) is 3.13. The molecule has 130 valence electrons. The summed E-state index contributed by atoms with van der Waals surface area (Å²) in [6.45, 7) is 2.71. The number of nitrogens with two attached hydrogens (primary N) is 1. The predicted molar refractivity (Wildman–Crippen MR) is 95.9 cm³/mol. The summed E-state index contributed by atoms with van der Waals surface area (Å²) in [5, 5.41) is 5.86. The highest BCUT2D eigenvalue weighted by Crippen LogP contribution is 2.22. The van der Waals surface area contributed by atoms with Crippen LogP contribution in [-0.2, 0) is 6.54 Å². The molecule has 0 fully saturated rings. The van der Waals surface area contributed by atoms with Crippen molar-refractivity contribution in [3.8, 4) is 0 Å². The molecule has 0 atom stereocenters. The summed E-state index contributed by atoms with van der Waals surface area (Å²) >= 11 is 5.96. The standard InChI is InChI=1S/C16H18ClN3O3.ClH/c1-2-5-19-16(22)13-4-3-11(17)7-14(13)20-15(21)10-6-12(8-18)23-9-10;/h3-4,6-7,9H,2,5,8,18H2,1H3,(H,19,22)(H,20,21);1H. The fraction of sp³-hybridized carbons (Fsp3) is 0.250. The zero-order valence-electron chi connectivity index (χ0n) is 13.1. The van der Waals surface area contributed by atoms with Gasteiger partial charge in [0.1, 0.15) is 12.0 Å². The van der Waals surface area contributed by atoms with E-state index in [4.69, 9.17) is 21.8 Å². The second-order valence-corrected chi connectivity index (χ2v) is 5.34. The van der Waals surface area contributed by atoms with Gasteiger partial charge in [0, 0.05) is 11.6 Å². The van der Waals surface area contributed by atoms with Gasteiger partial charge in [-0.1, -0.05) is 18.5 Å². The van der Waals surface area contributed by atoms with Crippen LogP contribution in [0, 0.1) is 0 Å². The first kappa shape index (κ1) is 20.0. The summed E-state index contributed by atoms with van der Waals surface area (Å²) in [5.41, 5.74) is 6.46. The van der Waals surface area contributed by atoms with Crippen LogP contribution in [-0.4, -0.2) is 18.4 Å². The molecule has 0 aliphatic heterocycles. The van der Waals surface area contributed by atoms with Crippen molar-refractivity contribution >= 4 is 41.5 Å². The lowest BCUT2D eigenvalue weighted by atomic mass is 10.1. The van der Waals surface area contributed by atoms with Gasteiger partial charge in [0.05, 0.1) is 23.4 Å². The Labute approximate surface area is 151 Å². The fourth-order valence-corrected chi connectivity index (χ4v) is 2.12. The number of benzene rings is 1. The molecule has 1 aromatic heterocycles. The Kier molecular flexibility index (Phi) is 7.78. The smallest absolute Gasteiger partial charge is 0.258 e. The molecule has 1 aromatic carbocycles. The van der Waals surface area contributed by atoms with Crippen LogP contribution in [0.3, 0.4) is 0 Å². The van der Waals surface area contributed by atoms with Crippen molar-refractivity contribution in [2.45, 2.75) is 19.9 Å². The minimum Gasteiger partial charge on any atom is -0.467 e. The van der Waals surface area contributed by atoms with E-state index in [0.29, 0.717) is 34.1 Å². The maximum Gasteiger partial charge on any atom is 0.258 e. The first-order valence-corrected chi connectivity index (χ1v) is 7.59. The fourth-order valence-electron chi connectivity index (χ4n) is 1.95. The molecule has 0 unspecified atom stereocenters. The number of hydrogen-bond donors (Lipinski definition) is 3. The lowest BCUT2D eigenvalue weighted by molar-refractivity contribution is 0.0954. The molecule has 24 heavy (non-hydrogen) atoms. The second-order valence-electron chi connectivity index (χ2n) is 4.91. The van der Waals surface area contributed by atoms with Crippen LogP contribution < -0.4 is 16.4 Å². The van der Waals surface area contributed by atoms with Gasteiger partial charge in [0.2, 0.25) is 0 Å². The number of amides is 2. The van der Waals surface area contributed by atoms with Gasteiger partial charge in [-0.25, -0.2) is 0 Å². The molecule has 1 heterocycles. The summed E-state index contributed by atoms with van der Waals surface area (Å²) in [6, 6.07) is 6.26. The van der Waals surface area contributed by atoms with Crippen LogP contribution in [0.1, 0.15) is 39.8 Å². The van der Waals surface area contributed by atoms with E-state index >= 15 is 0 Å². The second kappa shape index (κ2) is 9.32. The van der Waals surface area contributed by atoms with Gasteiger partial charge in [0.15, 0.2) is 0 Å². The van der Waals surface area contributed by atoms with Crippen LogP contribution in [0.4, 0.5) is 5.69 Å². The van der Waals surface area contributed by atoms with Crippen molar-refractivity contribution in [1.82, 2.24) is 5.32 Å². The SMILES string of the molecule is CCCNC(=O)c1ccc(Cl)cc1NC(=O)c1coc(CN)c1.Cl. The zero-order chi connectivity index (χ0) is 16.8. The van der Waals surface area contributed by atoms with Crippen LogP contribution in [0.2, 0.25) is 5.02 Å². The Bertz CT molecular complexity index is 716. The van der Waals surface area contributed by atoms with Gasteiger partial charge in [-0.2, -0.15) is 0 Å². The quantitative estimate of drug-likeness (QED) is 0.725. The highest BCUT2D eigenvalue weighted by atomic mass is 35.5. The maximum atomic E-state index is 12.3. The minimum atomic E-state index is -0.403. The maximum absolute atomic E-state index is 12.3. The molecule has 8 heteroatoms. The topological polar surface area (TPSA) is 97.4 Å². The predicted octanol–water partition coefficient (Wildman–Crippen LogP) is 3.21. The Hall–Kier alpha value is -2.02. The van der Waals surface area contributed by atoms with E-state index < -0.39 is 5.91 Å². The molecule has 0 saturated heterocycles. The minimum absolute atomic E-state index is 0. The lowest BCUT2D eigenvalue weighted by Crippen LogP contribution is -2.25. The number of furan rings is 1. The molecule has 0 spiro atoms. The number of carbonyl (C=O) groups excluding carboxylic acids is 2. The van der Waals surface area contributed by atoms with Crippen molar-refractivity contribution in [2.24, 2.45) is 5.73 Å². The summed E-state index contributed by atoms with van der Waals surface area (Å²) < 4.78 is 5.14. The third-order valence-corrected chi connectivity index (χ3v) is 3.36. The molecule has 6 nitrogen and oxygen atoms in total. The molecular weight excluding hydrogens is 353 g/mol. The molecule has 0 saturated carbocycles. The summed E-state index contributed by atoms with van der Waals surface area (Å²) in [5.74, 6) is -0.170. The summed E-state index contributed by atoms with van der Waals surface area (Å²) in [6.07, 6.45) is 2.14. The van der Waals surface area contributed by atoms with E-state index in [1.807, 2.05) is 6.92 Å². The van der Waals surface area contributed by atoms with Gasteiger partial charge in [-0.15, -0.1) is 12.4 Å². The number of halogens is 2. The van der Waals surface area contributed by atoms with Crippen molar-refractivity contribution in [1.29, 1.82) is 0 Å². The monoisotopic (exact) mass is 371 g/mol. The lowest BCUT2D eigenvalue weighted by Gasteiger charge is -2.11. The largest absolute Gasteiger partial charge is 0.467 e. The highest BCUT2D eigenvalue weighted by Gasteiger charge is 2.16. The Morgan fingerprint density at radius 3 is 2.62 bits per heavy atom. The molecule has 0 bridgehead atoms. The molecule has 0 aliphatic rings. The van der Waals surface area contributed by atoms with Gasteiger partial charge in [-0.3, -0.25) is 9.59 Å². The van der Waals surface area contributed by atoms with E-state index in [1.54, 1.807) is 18.2 Å². The Morgan fingerprint density at radius 2 is 2.00 bits per heavy atom. The van der Waals surface area contributed by atoms with Crippen LogP contribution >= 0.6 is 24.0 Å². The van der Waals surface area contributed by atoms with Gasteiger partial charge in [-0.05, 0) is 30.7 Å². The van der Waals surface area contributed by atoms with Crippen molar-refractivity contribution in [3.63, 3.8) is 0 Å². The first-order chi connectivity index (χ1) is 11.0. The molecule has 2 rings (SSSR count). The van der Waals surface area contributed by atoms with E-state index in [9.17, 15) is 9.59 Å². The average molecular weight is 372 g/mol. The van der Waals surface area contributed by atoms with Crippen LogP contribution in [0.15, 0.2) is 34.9 Å². The van der Waals surface area contributed by atoms with Crippen molar-refractivity contribution in [3.05, 3.63) is 52.4 Å². The van der Waals surface area contributed by atoms with Crippen LogP contribution in [0.25, 0.3) is 0 Å². The van der Waals surface area contributed by atoms with E-state index in [0.717, 1.165) is 6.42 Å². The van der Waals surface area contributed by atoms with Crippen LogP contribution in [0.5, 0.6) is 0 Å². The number of rotatable bonds is 6. The Balaban J connectivity index is 0.00000288. The normalized spacial score (nSPS) is 9.96. The Morgan fingerprint density at radius 1 is 1.25 bits per heavy atom. The average Bonchev–Trinajstić information content (AvgIpc) is 3.02. The third kappa shape index (κ3) is 4.99. The number of carbonyl (C=O) groups is 2. The van der Waals surface area contributed by atoms with E-state index in [-0.39, 0.29) is 24.9 Å². The molecular formula is C16H19Cl2N3O3. The summed E-state index contributed by atoms with van der Waals surface area (Å²) in [4.78, 5) is 24.4. The van der Waals surface area contributed by atoms with Crippen molar-refractivity contribution < 1.29 is 14.0 Å². The molecule has 2 aromatic rings. The number of hydrogen-bond acceptors (Lipinski definition) is 4. The molecule has 4 N–H and O–H groups in total. The van der Waals surface area contributed by atoms with E-state index in [2.05, 4.69) is 10.6 Å². The molecule has 0 aliphatic carbocycles. The highest BCUT2D eigenvalue weighted by molar-refractivity contribution is 6.31. The number of nitrogens with one attached hydrogen (secondary N) is 2. The van der Waals surface area contributed by atoms with Gasteiger partial charge in [0.25, 0.3) is 11.8 Å².